The highest BCUT2D eigenvalue weighted by Crippen LogP contribution is 1.98. The first-order valence-electron chi connectivity index (χ1n) is 4.10. The van der Waals surface area contributed by atoms with Crippen molar-refractivity contribution < 1.29 is 9.90 Å². The minimum absolute atomic E-state index is 0.184. The second-order valence-corrected chi connectivity index (χ2v) is 2.61. The zero-order chi connectivity index (χ0) is 10.4. The van der Waals surface area contributed by atoms with Crippen LogP contribution in [-0.4, -0.2) is 34.6 Å². The maximum atomic E-state index is 10.4. The van der Waals surface area contributed by atoms with Crippen molar-refractivity contribution in [1.29, 1.82) is 0 Å². The van der Waals surface area contributed by atoms with Crippen molar-refractivity contribution in [2.75, 3.05) is 13.6 Å². The second-order valence-electron chi connectivity index (χ2n) is 2.61. The van der Waals surface area contributed by atoms with Crippen LogP contribution in [0.25, 0.3) is 6.08 Å². The predicted molar refractivity (Wildman–Crippen MR) is 52.0 cm³/mol. The zero-order valence-corrected chi connectivity index (χ0v) is 7.77. The molecule has 0 bridgehead atoms. The van der Waals surface area contributed by atoms with Crippen LogP contribution in [0.15, 0.2) is 18.5 Å². The van der Waals surface area contributed by atoms with Gasteiger partial charge in [-0.3, -0.25) is 0 Å². The minimum Gasteiger partial charge on any atom is -0.475 e. The first-order chi connectivity index (χ1) is 6.74. The van der Waals surface area contributed by atoms with Crippen LogP contribution in [0.2, 0.25) is 0 Å². The van der Waals surface area contributed by atoms with Gasteiger partial charge in [0.05, 0.1) is 0 Å². The van der Waals surface area contributed by atoms with E-state index in [1.54, 1.807) is 0 Å². The normalized spacial score (nSPS) is 10.6. The molecular weight excluding hydrogens is 182 g/mol. The molecule has 0 fully saturated rings. The van der Waals surface area contributed by atoms with Crippen molar-refractivity contribution in [3.63, 3.8) is 0 Å². The molecule has 0 radical (unpaired) electrons. The first-order valence-corrected chi connectivity index (χ1v) is 4.10. The molecule has 0 atom stereocenters. The van der Waals surface area contributed by atoms with Gasteiger partial charge in [0.1, 0.15) is 0 Å². The van der Waals surface area contributed by atoms with Crippen molar-refractivity contribution in [1.82, 2.24) is 15.3 Å². The van der Waals surface area contributed by atoms with Crippen LogP contribution in [0.1, 0.15) is 16.2 Å². The highest BCUT2D eigenvalue weighted by molar-refractivity contribution is 5.82. The van der Waals surface area contributed by atoms with Crippen molar-refractivity contribution in [2.24, 2.45) is 0 Å². The van der Waals surface area contributed by atoms with Gasteiger partial charge < -0.3 is 10.4 Å². The molecular formula is C9H11N3O2. The molecule has 1 aromatic heterocycles. The summed E-state index contributed by atoms with van der Waals surface area (Å²) in [5, 5.41) is 11.5. The van der Waals surface area contributed by atoms with E-state index in [0.29, 0.717) is 0 Å². The summed E-state index contributed by atoms with van der Waals surface area (Å²) in [5.74, 6) is -1.30. The van der Waals surface area contributed by atoms with Crippen molar-refractivity contribution in [2.45, 2.75) is 0 Å². The Kier molecular flexibility index (Phi) is 3.75. The van der Waals surface area contributed by atoms with Gasteiger partial charge in [-0.15, -0.1) is 0 Å². The average Bonchev–Trinajstić information content (AvgIpc) is 2.19. The third-order valence-corrected chi connectivity index (χ3v) is 1.50. The van der Waals surface area contributed by atoms with E-state index < -0.39 is 5.97 Å². The van der Waals surface area contributed by atoms with Crippen LogP contribution >= 0.6 is 0 Å². The zero-order valence-electron chi connectivity index (χ0n) is 7.77. The van der Waals surface area contributed by atoms with E-state index in [4.69, 9.17) is 5.11 Å². The molecule has 0 saturated heterocycles. The van der Waals surface area contributed by atoms with Crippen LogP contribution in [0.3, 0.4) is 0 Å². The first kappa shape index (κ1) is 10.3. The Hall–Kier alpha value is -1.75. The Morgan fingerprint density at radius 3 is 2.71 bits per heavy atom. The fourth-order valence-corrected chi connectivity index (χ4v) is 0.847. The summed E-state index contributed by atoms with van der Waals surface area (Å²) in [6, 6.07) is 0. The highest BCUT2D eigenvalue weighted by atomic mass is 16.4. The number of nitrogens with zero attached hydrogens (tertiary/aromatic N) is 2. The molecule has 5 nitrogen and oxygen atoms in total. The molecule has 1 rings (SSSR count). The molecule has 0 aliphatic carbocycles. The van der Waals surface area contributed by atoms with Gasteiger partial charge in [-0.2, -0.15) is 0 Å². The van der Waals surface area contributed by atoms with Gasteiger partial charge in [0.2, 0.25) is 5.82 Å². The second kappa shape index (κ2) is 5.08. The van der Waals surface area contributed by atoms with E-state index in [0.717, 1.165) is 12.1 Å². The average molecular weight is 193 g/mol. The van der Waals surface area contributed by atoms with E-state index in [-0.39, 0.29) is 5.82 Å². The molecule has 14 heavy (non-hydrogen) atoms. The summed E-state index contributed by atoms with van der Waals surface area (Å²) in [4.78, 5) is 17.8. The number of carbonyl (C=O) groups is 1. The molecule has 1 aromatic rings. The molecule has 2 N–H and O–H groups in total. The lowest BCUT2D eigenvalue weighted by atomic mass is 10.3. The third kappa shape index (κ3) is 2.95. The molecule has 0 amide bonds. The van der Waals surface area contributed by atoms with Crippen molar-refractivity contribution >= 4 is 12.0 Å². The summed E-state index contributed by atoms with van der Waals surface area (Å²) < 4.78 is 0. The number of likely N-dealkylation sites (N-methyl/N-ethyl adjacent to an activating group) is 1. The summed E-state index contributed by atoms with van der Waals surface area (Å²) in [6.07, 6.45) is 6.67. The summed E-state index contributed by atoms with van der Waals surface area (Å²) >= 11 is 0. The molecule has 1 heterocycles. The Morgan fingerprint density at radius 2 is 2.21 bits per heavy atom. The third-order valence-electron chi connectivity index (χ3n) is 1.50. The van der Waals surface area contributed by atoms with Gasteiger partial charge in [-0.25, -0.2) is 14.8 Å². The Bertz CT molecular complexity index is 332. The van der Waals surface area contributed by atoms with E-state index in [1.165, 1.54) is 12.4 Å². The Labute approximate surface area is 81.5 Å². The molecule has 0 aliphatic heterocycles. The van der Waals surface area contributed by atoms with Crippen LogP contribution < -0.4 is 5.32 Å². The van der Waals surface area contributed by atoms with Gasteiger partial charge in [-0.05, 0) is 7.05 Å². The van der Waals surface area contributed by atoms with Gasteiger partial charge in [0.15, 0.2) is 0 Å². The number of hydrogen-bond acceptors (Lipinski definition) is 4. The van der Waals surface area contributed by atoms with Crippen LogP contribution in [0, 0.1) is 0 Å². The smallest absolute Gasteiger partial charge is 0.373 e. The molecule has 0 aromatic carbocycles. The summed E-state index contributed by atoms with van der Waals surface area (Å²) in [6.45, 7) is 0.751. The van der Waals surface area contributed by atoms with Gasteiger partial charge in [0, 0.05) is 24.5 Å². The number of rotatable bonds is 4. The fourth-order valence-electron chi connectivity index (χ4n) is 0.847. The molecule has 0 aliphatic rings. The SMILES string of the molecule is CNCC=Cc1cnc(C(=O)O)nc1. The Morgan fingerprint density at radius 1 is 1.57 bits per heavy atom. The topological polar surface area (TPSA) is 75.1 Å². The van der Waals surface area contributed by atoms with Crippen LogP contribution in [0.5, 0.6) is 0 Å². The lowest BCUT2D eigenvalue weighted by molar-refractivity contribution is 0.0683. The number of aromatic nitrogens is 2. The standard InChI is InChI=1S/C9H11N3O2/c1-10-4-2-3-7-5-11-8(9(13)14)12-6-7/h2-3,5-6,10H,4H2,1H3,(H,13,14). The van der Waals surface area contributed by atoms with E-state index in [2.05, 4.69) is 15.3 Å². The maximum absolute atomic E-state index is 10.4. The van der Waals surface area contributed by atoms with Crippen LogP contribution in [-0.2, 0) is 0 Å². The number of nitrogens with one attached hydrogen (secondary N) is 1. The summed E-state index contributed by atoms with van der Waals surface area (Å²) in [5.41, 5.74) is 0.783. The quantitative estimate of drug-likeness (QED) is 0.724. The molecule has 5 heteroatoms. The lowest BCUT2D eigenvalue weighted by Crippen LogP contribution is -2.04. The number of aromatic carboxylic acids is 1. The molecule has 0 unspecified atom stereocenters. The number of hydrogen-bond donors (Lipinski definition) is 2. The van der Waals surface area contributed by atoms with Gasteiger partial charge in [-0.1, -0.05) is 12.2 Å². The largest absolute Gasteiger partial charge is 0.475 e. The van der Waals surface area contributed by atoms with Gasteiger partial charge >= 0.3 is 5.97 Å². The summed E-state index contributed by atoms with van der Waals surface area (Å²) in [7, 11) is 1.84. The van der Waals surface area contributed by atoms with Crippen molar-refractivity contribution in [3.8, 4) is 0 Å². The fraction of sp³-hybridized carbons (Fsp3) is 0.222. The van der Waals surface area contributed by atoms with Crippen molar-refractivity contribution in [3.05, 3.63) is 29.9 Å². The molecule has 74 valence electrons. The van der Waals surface area contributed by atoms with Gasteiger partial charge in [0.25, 0.3) is 0 Å². The molecule has 0 saturated carbocycles. The monoisotopic (exact) mass is 193 g/mol. The number of carboxylic acids is 1. The maximum Gasteiger partial charge on any atom is 0.373 e. The number of carboxylic acid groups (broad SMARTS) is 1. The molecule has 0 spiro atoms. The predicted octanol–water partition coefficient (Wildman–Crippen LogP) is 0.407. The van der Waals surface area contributed by atoms with E-state index in [1.807, 2.05) is 19.2 Å². The highest BCUT2D eigenvalue weighted by Gasteiger charge is 2.03. The Balaban J connectivity index is 2.68. The van der Waals surface area contributed by atoms with E-state index in [9.17, 15) is 4.79 Å². The minimum atomic E-state index is -1.12. The van der Waals surface area contributed by atoms with Crippen LogP contribution in [0.4, 0.5) is 0 Å². The van der Waals surface area contributed by atoms with E-state index >= 15 is 0 Å². The lowest BCUT2D eigenvalue weighted by Gasteiger charge is -1.94.